The maximum atomic E-state index is 13.1. The number of anilines is 1. The summed E-state index contributed by atoms with van der Waals surface area (Å²) in [5, 5.41) is 0.870. The minimum atomic E-state index is -0.152. The highest BCUT2D eigenvalue weighted by Gasteiger charge is 2.20. The van der Waals surface area contributed by atoms with Crippen LogP contribution in [0.15, 0.2) is 23.0 Å². The number of hydrogen-bond acceptors (Lipinski definition) is 4. The Balaban J connectivity index is 2.55. The van der Waals surface area contributed by atoms with E-state index < -0.39 is 0 Å². The lowest BCUT2D eigenvalue weighted by Gasteiger charge is -2.19. The molecule has 0 aliphatic carbocycles. The molecule has 0 amide bonds. The summed E-state index contributed by atoms with van der Waals surface area (Å²) in [4.78, 5) is 13.1. The molecule has 144 valence electrons. The molecule has 2 N–H and O–H groups in total. The third-order valence-electron chi connectivity index (χ3n) is 4.56. The maximum Gasteiger partial charge on any atom is 0.297 e. The van der Waals surface area contributed by atoms with Crippen molar-refractivity contribution < 1.29 is 9.47 Å². The van der Waals surface area contributed by atoms with E-state index in [1.54, 1.807) is 4.57 Å². The van der Waals surface area contributed by atoms with Crippen LogP contribution < -0.4 is 20.8 Å². The summed E-state index contributed by atoms with van der Waals surface area (Å²) in [6, 6.07) is 5.58. The monoisotopic (exact) mass is 360 g/mol. The first-order valence-electron chi connectivity index (χ1n) is 9.75. The molecule has 1 heterocycles. The molecule has 2 aromatic rings. The van der Waals surface area contributed by atoms with Gasteiger partial charge in [0.05, 0.1) is 18.7 Å². The number of rotatable bonds is 10. The van der Waals surface area contributed by atoms with Crippen molar-refractivity contribution in [3.63, 3.8) is 0 Å². The summed E-state index contributed by atoms with van der Waals surface area (Å²) in [6.07, 6.45) is 4.12. The first kappa shape index (κ1) is 20.1. The fraction of sp³-hybridized carbons (Fsp3) is 0.571. The molecular formula is C21H32N2O3. The van der Waals surface area contributed by atoms with Gasteiger partial charge in [0.1, 0.15) is 0 Å². The molecule has 0 fully saturated rings. The van der Waals surface area contributed by atoms with Gasteiger partial charge in [-0.1, -0.05) is 33.6 Å². The molecule has 1 aromatic heterocycles. The van der Waals surface area contributed by atoms with Crippen molar-refractivity contribution >= 4 is 16.6 Å². The number of nitrogen functional groups attached to an aromatic ring is 1. The predicted octanol–water partition coefficient (Wildman–Crippen LogP) is 4.60. The summed E-state index contributed by atoms with van der Waals surface area (Å²) >= 11 is 0. The maximum absolute atomic E-state index is 13.1. The van der Waals surface area contributed by atoms with Crippen LogP contribution in [0.5, 0.6) is 11.5 Å². The fourth-order valence-corrected chi connectivity index (χ4v) is 3.12. The quantitative estimate of drug-likeness (QED) is 0.497. The topological polar surface area (TPSA) is 66.5 Å². The van der Waals surface area contributed by atoms with Gasteiger partial charge in [0.15, 0.2) is 5.75 Å². The fourth-order valence-electron chi connectivity index (χ4n) is 3.12. The van der Waals surface area contributed by atoms with E-state index in [1.807, 2.05) is 25.1 Å². The third kappa shape index (κ3) is 4.51. The predicted molar refractivity (Wildman–Crippen MR) is 108 cm³/mol. The number of aryl methyl sites for hydroxylation is 1. The molecule has 26 heavy (non-hydrogen) atoms. The second kappa shape index (κ2) is 9.51. The van der Waals surface area contributed by atoms with Gasteiger partial charge in [0.25, 0.3) is 5.56 Å². The Bertz CT molecular complexity index is 783. The van der Waals surface area contributed by atoms with Crippen LogP contribution in [-0.4, -0.2) is 17.8 Å². The molecule has 0 saturated carbocycles. The summed E-state index contributed by atoms with van der Waals surface area (Å²) in [7, 11) is 0. The number of pyridine rings is 1. The highest BCUT2D eigenvalue weighted by atomic mass is 16.5. The van der Waals surface area contributed by atoms with Gasteiger partial charge >= 0.3 is 0 Å². The van der Waals surface area contributed by atoms with Crippen LogP contribution in [0.25, 0.3) is 10.9 Å². The van der Waals surface area contributed by atoms with Crippen molar-refractivity contribution in [2.24, 2.45) is 5.92 Å². The smallest absolute Gasteiger partial charge is 0.297 e. The number of ether oxygens (including phenoxy) is 2. The van der Waals surface area contributed by atoms with E-state index in [4.69, 9.17) is 15.2 Å². The number of hydrogen-bond donors (Lipinski definition) is 1. The van der Waals surface area contributed by atoms with Crippen LogP contribution in [0.1, 0.15) is 53.4 Å². The Morgan fingerprint density at radius 2 is 1.88 bits per heavy atom. The second-order valence-electron chi connectivity index (χ2n) is 6.89. The van der Waals surface area contributed by atoms with Crippen molar-refractivity contribution in [1.82, 2.24) is 4.57 Å². The van der Waals surface area contributed by atoms with Gasteiger partial charge in [0, 0.05) is 17.6 Å². The van der Waals surface area contributed by atoms with E-state index in [-0.39, 0.29) is 5.56 Å². The van der Waals surface area contributed by atoms with Crippen molar-refractivity contribution in [3.05, 3.63) is 28.6 Å². The van der Waals surface area contributed by atoms with Gasteiger partial charge in [-0.05, 0) is 43.9 Å². The summed E-state index contributed by atoms with van der Waals surface area (Å²) in [5.41, 5.74) is 7.22. The highest BCUT2D eigenvalue weighted by Crippen LogP contribution is 2.34. The van der Waals surface area contributed by atoms with E-state index in [0.29, 0.717) is 42.9 Å². The van der Waals surface area contributed by atoms with E-state index in [2.05, 4.69) is 20.8 Å². The van der Waals surface area contributed by atoms with E-state index >= 15 is 0 Å². The average molecular weight is 360 g/mol. The number of nitrogens with two attached hydrogens (primary N) is 1. The molecule has 0 bridgehead atoms. The van der Waals surface area contributed by atoms with Gasteiger partial charge in [-0.2, -0.15) is 0 Å². The number of benzene rings is 1. The highest BCUT2D eigenvalue weighted by molar-refractivity contribution is 5.90. The van der Waals surface area contributed by atoms with Crippen molar-refractivity contribution in [2.45, 2.75) is 59.9 Å². The molecule has 0 radical (unpaired) electrons. The van der Waals surface area contributed by atoms with Gasteiger partial charge in [-0.25, -0.2) is 0 Å². The molecule has 1 aromatic carbocycles. The van der Waals surface area contributed by atoms with Crippen LogP contribution in [0, 0.1) is 5.92 Å². The third-order valence-corrected chi connectivity index (χ3v) is 4.56. The largest absolute Gasteiger partial charge is 0.489 e. The SMILES string of the molecule is CCCCOc1c(OCC(C)CCC)c(=O)n(CC)c2cc(N)ccc12. The van der Waals surface area contributed by atoms with Crippen molar-refractivity contribution in [2.75, 3.05) is 18.9 Å². The summed E-state index contributed by atoms with van der Waals surface area (Å²) < 4.78 is 13.7. The Labute approximate surface area is 156 Å². The second-order valence-corrected chi connectivity index (χ2v) is 6.89. The summed E-state index contributed by atoms with van der Waals surface area (Å²) in [5.74, 6) is 1.26. The van der Waals surface area contributed by atoms with Gasteiger partial charge in [-0.3, -0.25) is 4.79 Å². The standard InChI is InChI=1S/C21H32N2O3/c1-5-8-12-25-19-17-11-10-16(22)13-18(17)23(7-3)21(24)20(19)26-14-15(4)9-6-2/h10-11,13,15H,5-9,12,14,22H2,1-4H3. The zero-order valence-corrected chi connectivity index (χ0v) is 16.5. The van der Waals surface area contributed by atoms with Crippen molar-refractivity contribution in [1.29, 1.82) is 0 Å². The molecule has 2 rings (SSSR count). The minimum Gasteiger partial charge on any atom is -0.489 e. The Hall–Kier alpha value is -2.17. The molecule has 1 atom stereocenters. The van der Waals surface area contributed by atoms with Crippen LogP contribution in [0.2, 0.25) is 0 Å². The van der Waals surface area contributed by atoms with Gasteiger partial charge in [0.2, 0.25) is 5.75 Å². The van der Waals surface area contributed by atoms with Crippen LogP contribution in [-0.2, 0) is 6.54 Å². The number of nitrogens with zero attached hydrogens (tertiary/aromatic N) is 1. The lowest BCUT2D eigenvalue weighted by Crippen LogP contribution is -2.24. The average Bonchev–Trinajstić information content (AvgIpc) is 2.61. The molecule has 1 unspecified atom stereocenters. The van der Waals surface area contributed by atoms with E-state index in [1.165, 1.54) is 0 Å². The Kier molecular flexibility index (Phi) is 7.37. The lowest BCUT2D eigenvalue weighted by atomic mass is 10.1. The van der Waals surface area contributed by atoms with Crippen LogP contribution in [0.4, 0.5) is 5.69 Å². The molecule has 0 aliphatic rings. The van der Waals surface area contributed by atoms with Crippen LogP contribution in [0.3, 0.4) is 0 Å². The number of fused-ring (bicyclic) bond motifs is 1. The molecule has 0 spiro atoms. The molecular weight excluding hydrogens is 328 g/mol. The number of aromatic nitrogens is 1. The first-order chi connectivity index (χ1) is 12.5. The molecule has 5 heteroatoms. The first-order valence-corrected chi connectivity index (χ1v) is 9.75. The van der Waals surface area contributed by atoms with E-state index in [9.17, 15) is 4.79 Å². The number of unbranched alkanes of at least 4 members (excludes halogenated alkanes) is 1. The van der Waals surface area contributed by atoms with E-state index in [0.717, 1.165) is 36.6 Å². The molecule has 0 aliphatic heterocycles. The summed E-state index contributed by atoms with van der Waals surface area (Å²) in [6.45, 7) is 9.98. The minimum absolute atomic E-state index is 0.152. The van der Waals surface area contributed by atoms with Gasteiger partial charge < -0.3 is 19.8 Å². The van der Waals surface area contributed by atoms with Gasteiger partial charge in [-0.15, -0.1) is 0 Å². The lowest BCUT2D eigenvalue weighted by molar-refractivity contribution is 0.227. The zero-order valence-electron chi connectivity index (χ0n) is 16.5. The Morgan fingerprint density at radius 3 is 2.54 bits per heavy atom. The van der Waals surface area contributed by atoms with Crippen LogP contribution >= 0.6 is 0 Å². The normalized spacial score (nSPS) is 12.3. The molecule has 5 nitrogen and oxygen atoms in total. The van der Waals surface area contributed by atoms with Crippen molar-refractivity contribution in [3.8, 4) is 11.5 Å². The zero-order chi connectivity index (χ0) is 19.1. The Morgan fingerprint density at radius 1 is 1.12 bits per heavy atom. The molecule has 0 saturated heterocycles.